The van der Waals surface area contributed by atoms with Crippen LogP contribution in [0.3, 0.4) is 0 Å². The number of fused-ring (bicyclic) bond motifs is 2. The molecule has 30 heteroatoms. The fraction of sp³-hybridized carbons (Fsp3) is 0.356. The predicted molar refractivity (Wildman–Crippen MR) is 326 cm³/mol. The Morgan fingerprint density at radius 3 is 1.66 bits per heavy atom. The van der Waals surface area contributed by atoms with Crippen LogP contribution in [-0.4, -0.2) is 168 Å². The first-order valence-corrected chi connectivity index (χ1v) is 32.5. The lowest BCUT2D eigenvalue weighted by molar-refractivity contribution is -0.144. The van der Waals surface area contributed by atoms with Crippen LogP contribution in [0.2, 0.25) is 0 Å². The zero-order chi connectivity index (χ0) is 64.1. The second kappa shape index (κ2) is 30.5. The monoisotopic (exact) mass is 1300 g/mol. The SMILES string of the molecule is C[C@H](COC(=O)Nc1ccc(OC(=O)CN(Cc2ccccc2)C(=O)C[C@H](C)SSCCOC(=O)Nc2cccc3c2C(=O)N(C2CCC(=O)NC2=O)C3=O)c2c1C(=O)N(C1CCC(=O)NC1=O)C2=O)SS[C@H](C)CC(=O)N(CC(=O)O)Cc1ccccc1. The van der Waals surface area contributed by atoms with Crippen molar-refractivity contribution >= 4 is 138 Å². The molecule has 89 heavy (non-hydrogen) atoms. The van der Waals surface area contributed by atoms with Gasteiger partial charge in [-0.2, -0.15) is 0 Å². The van der Waals surface area contributed by atoms with Crippen molar-refractivity contribution in [3.05, 3.63) is 124 Å². The molecule has 5 atom stereocenters. The lowest BCUT2D eigenvalue weighted by Crippen LogP contribution is -2.54. The summed E-state index contributed by atoms with van der Waals surface area (Å²) in [6.45, 7) is 3.97. The Morgan fingerprint density at radius 1 is 0.584 bits per heavy atom. The third kappa shape index (κ3) is 17.1. The number of carboxylic acids is 1. The van der Waals surface area contributed by atoms with Gasteiger partial charge in [0.2, 0.25) is 35.4 Å². The number of nitrogens with zero attached hydrogens (tertiary/aromatic N) is 4. The molecule has 4 aromatic rings. The summed E-state index contributed by atoms with van der Waals surface area (Å²) >= 11 is 0. The molecule has 0 aromatic heterocycles. The van der Waals surface area contributed by atoms with Crippen LogP contribution >= 0.6 is 43.2 Å². The number of anilines is 2. The first kappa shape index (κ1) is 66.2. The van der Waals surface area contributed by atoms with Gasteiger partial charge in [0, 0.05) is 60.3 Å². The van der Waals surface area contributed by atoms with E-state index in [2.05, 4.69) is 21.3 Å². The maximum Gasteiger partial charge on any atom is 0.411 e. The number of carbonyl (C=O) groups is 14. The molecule has 4 aliphatic rings. The highest BCUT2D eigenvalue weighted by Gasteiger charge is 2.49. The number of hydrogen-bond donors (Lipinski definition) is 5. The van der Waals surface area contributed by atoms with Crippen LogP contribution in [0.4, 0.5) is 21.0 Å². The zero-order valence-electron chi connectivity index (χ0n) is 48.0. The number of hydrogen-bond acceptors (Lipinski definition) is 21. The number of piperidine rings is 2. The van der Waals surface area contributed by atoms with Crippen LogP contribution in [-0.2, 0) is 60.9 Å². The molecule has 12 amide bonds. The highest BCUT2D eigenvalue weighted by molar-refractivity contribution is 8.77. The van der Waals surface area contributed by atoms with Crippen molar-refractivity contribution in [2.75, 3.05) is 42.7 Å². The van der Waals surface area contributed by atoms with E-state index in [4.69, 9.17) is 14.2 Å². The average molecular weight is 1300 g/mol. The van der Waals surface area contributed by atoms with Crippen molar-refractivity contribution in [3.8, 4) is 5.75 Å². The Labute approximate surface area is 524 Å². The number of esters is 1. The molecule has 26 nitrogen and oxygen atoms in total. The lowest BCUT2D eigenvalue weighted by atomic mass is 10.0. The van der Waals surface area contributed by atoms with E-state index in [1.165, 1.54) is 77.2 Å². The van der Waals surface area contributed by atoms with Gasteiger partial charge in [0.1, 0.15) is 44.1 Å². The van der Waals surface area contributed by atoms with Crippen LogP contribution in [0.1, 0.15) is 112 Å². The van der Waals surface area contributed by atoms with Crippen molar-refractivity contribution in [1.29, 1.82) is 0 Å². The van der Waals surface area contributed by atoms with Crippen LogP contribution in [0, 0.1) is 0 Å². The van der Waals surface area contributed by atoms with Crippen LogP contribution < -0.4 is 26.0 Å². The van der Waals surface area contributed by atoms with E-state index in [-0.39, 0.29) is 115 Å². The average Bonchev–Trinajstić information content (AvgIpc) is 1.67. The van der Waals surface area contributed by atoms with Crippen molar-refractivity contribution in [2.24, 2.45) is 0 Å². The third-order valence-corrected chi connectivity index (χ3v) is 20.1. The maximum atomic E-state index is 14.3. The molecule has 0 radical (unpaired) electrons. The number of ether oxygens (including phenoxy) is 3. The Bertz CT molecular complexity index is 3490. The van der Waals surface area contributed by atoms with Gasteiger partial charge >= 0.3 is 24.1 Å². The number of amides is 12. The molecule has 0 aliphatic carbocycles. The highest BCUT2D eigenvalue weighted by atomic mass is 33.1. The Balaban J connectivity index is 0.858. The second-order valence-corrected chi connectivity index (χ2v) is 26.8. The summed E-state index contributed by atoms with van der Waals surface area (Å²) < 4.78 is 16.6. The molecule has 0 saturated carbocycles. The number of carbonyl (C=O) groups excluding carboxylic acids is 13. The summed E-state index contributed by atoms with van der Waals surface area (Å²) in [6.07, 6.45) is -2.59. The quantitative estimate of drug-likeness (QED) is 0.0149. The van der Waals surface area contributed by atoms with Crippen molar-refractivity contribution in [2.45, 2.75) is 100 Å². The van der Waals surface area contributed by atoms with Gasteiger partial charge in [0.15, 0.2) is 0 Å². The molecule has 2 unspecified atom stereocenters. The van der Waals surface area contributed by atoms with E-state index >= 15 is 0 Å². The third-order valence-electron chi connectivity index (χ3n) is 13.9. The Hall–Kier alpha value is -8.74. The van der Waals surface area contributed by atoms with Gasteiger partial charge in [-0.3, -0.25) is 83.8 Å². The second-order valence-electron chi connectivity index (χ2n) is 20.8. The van der Waals surface area contributed by atoms with Gasteiger partial charge in [-0.05, 0) is 55.2 Å². The van der Waals surface area contributed by atoms with E-state index in [9.17, 15) is 72.2 Å². The van der Waals surface area contributed by atoms with Crippen LogP contribution in [0.25, 0.3) is 0 Å². The fourth-order valence-corrected chi connectivity index (χ4v) is 14.1. The normalized spacial score (nSPS) is 17.2. The van der Waals surface area contributed by atoms with E-state index in [1.807, 2.05) is 6.07 Å². The summed E-state index contributed by atoms with van der Waals surface area (Å²) in [5, 5.41) is 17.6. The number of rotatable bonds is 27. The molecule has 0 bridgehead atoms. The lowest BCUT2D eigenvalue weighted by Gasteiger charge is -2.27. The molecule has 4 aliphatic heterocycles. The van der Waals surface area contributed by atoms with Gasteiger partial charge in [0.25, 0.3) is 23.6 Å². The van der Waals surface area contributed by atoms with Crippen molar-refractivity contribution in [1.82, 2.24) is 30.2 Å². The van der Waals surface area contributed by atoms with Gasteiger partial charge in [-0.15, -0.1) is 0 Å². The molecule has 5 N–H and O–H groups in total. The summed E-state index contributed by atoms with van der Waals surface area (Å²) in [6, 6.07) is 21.6. The number of imide groups is 4. The minimum atomic E-state index is -1.45. The molecule has 4 heterocycles. The molecule has 468 valence electrons. The molecule has 4 aromatic carbocycles. The highest BCUT2D eigenvalue weighted by Crippen LogP contribution is 2.40. The number of nitrogens with one attached hydrogen (secondary N) is 4. The largest absolute Gasteiger partial charge is 0.480 e. The van der Waals surface area contributed by atoms with Gasteiger partial charge < -0.3 is 29.1 Å². The molecule has 8 rings (SSSR count). The van der Waals surface area contributed by atoms with Crippen molar-refractivity contribution < 1.29 is 86.4 Å². The Morgan fingerprint density at radius 2 is 1.09 bits per heavy atom. The first-order valence-electron chi connectivity index (χ1n) is 27.8. The fourth-order valence-electron chi connectivity index (χ4n) is 9.77. The van der Waals surface area contributed by atoms with E-state index in [0.29, 0.717) is 10.5 Å². The minimum absolute atomic E-state index is 0.0216. The molecular weight excluding hydrogens is 1240 g/mol. The first-order chi connectivity index (χ1) is 42.6. The maximum absolute atomic E-state index is 14.3. The Kier molecular flexibility index (Phi) is 22.7. The molecule has 0 spiro atoms. The van der Waals surface area contributed by atoms with Crippen molar-refractivity contribution in [3.63, 3.8) is 0 Å². The number of carboxylic acid groups (broad SMARTS) is 1. The summed E-state index contributed by atoms with van der Waals surface area (Å²) in [5.74, 6) is -9.75. The predicted octanol–water partition coefficient (Wildman–Crippen LogP) is 6.04. The number of benzene rings is 4. The topological polar surface area (TPSA) is 348 Å². The van der Waals surface area contributed by atoms with Gasteiger partial charge in [-0.25, -0.2) is 14.4 Å². The summed E-state index contributed by atoms with van der Waals surface area (Å²) in [5.41, 5.74) is 0.0648. The van der Waals surface area contributed by atoms with Gasteiger partial charge in [0.05, 0.1) is 33.6 Å². The van der Waals surface area contributed by atoms with E-state index in [1.54, 1.807) is 75.4 Å². The molecular formula is C59H60N8O18S4. The smallest absolute Gasteiger partial charge is 0.411 e. The standard InChI is InChI=1S/C59H60N8O18S4/c1-32(87-86-24-23-83-58(81)60-38-16-10-15-37-49(38)55(78)66(54(37)77)40-18-21-43(68)62-52(40)75)25-46(71)65(28-36-13-8-5-9-14-36)30-48(74)85-42-20-17-39(50-51(42)57(80)67(56(50)79)41-19-22-44(69)63-53(41)76)61-59(82)84-31-34(3)89-88-33(2)26-45(70)64(29-47(72)73)27-35-11-6-4-7-12-35/h4-17,20,32-34,40-41H,18-19,21-31H2,1-3H3,(H,60,81)(H,61,82)(H,72,73)(H,62,68,75)(H,63,69,76)/t32-,33+,34+,40?,41?/m0/s1. The molecule has 2 fully saturated rings. The van der Waals surface area contributed by atoms with Crippen LogP contribution in [0.15, 0.2) is 91.0 Å². The zero-order valence-corrected chi connectivity index (χ0v) is 51.3. The summed E-state index contributed by atoms with van der Waals surface area (Å²) in [4.78, 5) is 188. The van der Waals surface area contributed by atoms with Crippen LogP contribution in [0.5, 0.6) is 5.75 Å². The molecule has 2 saturated heterocycles. The summed E-state index contributed by atoms with van der Waals surface area (Å²) in [7, 11) is 5.21. The van der Waals surface area contributed by atoms with E-state index in [0.717, 1.165) is 16.5 Å². The number of aliphatic carboxylic acids is 1. The minimum Gasteiger partial charge on any atom is -0.480 e. The van der Waals surface area contributed by atoms with Gasteiger partial charge in [-0.1, -0.05) is 124 Å². The van der Waals surface area contributed by atoms with E-state index < -0.39 is 119 Å².